The van der Waals surface area contributed by atoms with E-state index in [1.807, 2.05) is 6.92 Å². The van der Waals surface area contributed by atoms with E-state index in [4.69, 9.17) is 5.73 Å². The standard InChI is InChI=1S/C5H11NO3S2.Na.H/c1-2-3-4-11(7,8)9-5(6)10;;/h2-4H2,1H3,(H2,6,10);;/q;+1;-1. The Balaban J connectivity index is -0.000000500. The molecular weight excluding hydrogens is 209 g/mol. The van der Waals surface area contributed by atoms with Crippen molar-refractivity contribution in [1.82, 2.24) is 0 Å². The number of unbranched alkanes of at least 4 members (excludes halogenated alkanes) is 1. The third kappa shape index (κ3) is 8.73. The van der Waals surface area contributed by atoms with Gasteiger partial charge in [-0.25, -0.2) is 0 Å². The summed E-state index contributed by atoms with van der Waals surface area (Å²) in [7, 11) is -3.51. The number of rotatable bonds is 4. The van der Waals surface area contributed by atoms with E-state index in [0.717, 1.165) is 6.42 Å². The van der Waals surface area contributed by atoms with Crippen LogP contribution in [0, 0.1) is 0 Å². The maximum Gasteiger partial charge on any atom is 1.00 e. The molecular formula is C5H12NNaO3S2. The molecule has 12 heavy (non-hydrogen) atoms. The molecule has 0 spiro atoms. The Hall–Kier alpha value is 0.640. The maximum absolute atomic E-state index is 10.8. The van der Waals surface area contributed by atoms with Crippen molar-refractivity contribution in [2.45, 2.75) is 19.8 Å². The van der Waals surface area contributed by atoms with Crippen LogP contribution in [0.5, 0.6) is 0 Å². The van der Waals surface area contributed by atoms with Crippen molar-refractivity contribution in [3.05, 3.63) is 0 Å². The predicted octanol–water partition coefficient (Wildman–Crippen LogP) is -2.51. The Morgan fingerprint density at radius 3 is 2.50 bits per heavy atom. The second-order valence-electron chi connectivity index (χ2n) is 2.02. The summed E-state index contributed by atoms with van der Waals surface area (Å²) in [5, 5.41) is -0.443. The van der Waals surface area contributed by atoms with Crippen molar-refractivity contribution in [2.24, 2.45) is 5.73 Å². The molecule has 2 N–H and O–H groups in total. The molecule has 0 aromatic heterocycles. The molecule has 0 aromatic carbocycles. The second kappa shape index (κ2) is 7.08. The molecule has 0 aliphatic rings. The average Bonchev–Trinajstić information content (AvgIpc) is 1.81. The third-order valence-electron chi connectivity index (χ3n) is 0.957. The fraction of sp³-hybridized carbons (Fsp3) is 0.800. The summed E-state index contributed by atoms with van der Waals surface area (Å²) in [6.45, 7) is 1.89. The van der Waals surface area contributed by atoms with Crippen molar-refractivity contribution in [2.75, 3.05) is 5.75 Å². The van der Waals surface area contributed by atoms with Gasteiger partial charge in [0.1, 0.15) is 0 Å². The first kappa shape index (κ1) is 15.1. The van der Waals surface area contributed by atoms with Crippen LogP contribution < -0.4 is 35.3 Å². The normalized spacial score (nSPS) is 10.1. The van der Waals surface area contributed by atoms with Crippen molar-refractivity contribution in [3.63, 3.8) is 0 Å². The zero-order chi connectivity index (χ0) is 8.91. The van der Waals surface area contributed by atoms with E-state index in [1.54, 1.807) is 0 Å². The van der Waals surface area contributed by atoms with Crippen LogP contribution in [0.3, 0.4) is 0 Å². The molecule has 0 rings (SSSR count). The van der Waals surface area contributed by atoms with Gasteiger partial charge in [0.25, 0.3) is 5.17 Å². The molecule has 0 aliphatic carbocycles. The van der Waals surface area contributed by atoms with Crippen molar-refractivity contribution < 1.29 is 43.6 Å². The first-order chi connectivity index (χ1) is 4.98. The fourth-order valence-electron chi connectivity index (χ4n) is 0.488. The summed E-state index contributed by atoms with van der Waals surface area (Å²) >= 11 is 4.27. The summed E-state index contributed by atoms with van der Waals surface area (Å²) in [5.41, 5.74) is 4.88. The molecule has 0 amide bonds. The minimum absolute atomic E-state index is 0. The van der Waals surface area contributed by atoms with E-state index in [9.17, 15) is 8.42 Å². The number of hydrogen-bond acceptors (Lipinski definition) is 4. The van der Waals surface area contributed by atoms with Crippen LogP contribution in [0.25, 0.3) is 0 Å². The smallest absolute Gasteiger partial charge is 1.00 e. The molecule has 0 aliphatic heterocycles. The third-order valence-corrected chi connectivity index (χ3v) is 2.37. The molecule has 0 radical (unpaired) electrons. The van der Waals surface area contributed by atoms with Gasteiger partial charge in [0, 0.05) is 0 Å². The summed E-state index contributed by atoms with van der Waals surface area (Å²) in [4.78, 5) is 0. The molecule has 68 valence electrons. The van der Waals surface area contributed by atoms with Crippen LogP contribution in [0.1, 0.15) is 21.2 Å². The second-order valence-corrected chi connectivity index (χ2v) is 4.11. The monoisotopic (exact) mass is 221 g/mol. The maximum atomic E-state index is 10.8. The molecule has 0 unspecified atom stereocenters. The van der Waals surface area contributed by atoms with Crippen LogP contribution in [-0.2, 0) is 14.3 Å². The van der Waals surface area contributed by atoms with E-state index >= 15 is 0 Å². The van der Waals surface area contributed by atoms with Gasteiger partial charge < -0.3 is 11.3 Å². The number of nitrogens with two attached hydrogens (primary N) is 1. The van der Waals surface area contributed by atoms with E-state index in [0.29, 0.717) is 6.42 Å². The number of hydrogen-bond donors (Lipinski definition) is 1. The minimum Gasteiger partial charge on any atom is -1.00 e. The van der Waals surface area contributed by atoms with Crippen molar-refractivity contribution >= 4 is 27.5 Å². The molecule has 7 heteroatoms. The fourth-order valence-corrected chi connectivity index (χ4v) is 1.77. The zero-order valence-electron chi connectivity index (χ0n) is 8.24. The Morgan fingerprint density at radius 1 is 1.67 bits per heavy atom. The quantitative estimate of drug-likeness (QED) is 0.323. The van der Waals surface area contributed by atoms with E-state index in [1.165, 1.54) is 0 Å². The minimum atomic E-state index is -3.51. The predicted molar refractivity (Wildman–Crippen MR) is 47.7 cm³/mol. The Morgan fingerprint density at radius 2 is 2.17 bits per heavy atom. The van der Waals surface area contributed by atoms with Crippen LogP contribution in [0.2, 0.25) is 0 Å². The Kier molecular flexibility index (Phi) is 8.93. The van der Waals surface area contributed by atoms with Crippen LogP contribution in [0.4, 0.5) is 0 Å². The van der Waals surface area contributed by atoms with Gasteiger partial charge in [0.2, 0.25) is 0 Å². The van der Waals surface area contributed by atoms with Gasteiger partial charge in [0.05, 0.1) is 5.75 Å². The van der Waals surface area contributed by atoms with E-state index in [2.05, 4.69) is 16.4 Å². The summed E-state index contributed by atoms with van der Waals surface area (Å²) < 4.78 is 25.8. The summed E-state index contributed by atoms with van der Waals surface area (Å²) in [6, 6.07) is 0. The topological polar surface area (TPSA) is 69.4 Å². The van der Waals surface area contributed by atoms with Crippen LogP contribution in [0.15, 0.2) is 0 Å². The molecule has 0 saturated carbocycles. The van der Waals surface area contributed by atoms with Gasteiger partial charge in [0.15, 0.2) is 0 Å². The van der Waals surface area contributed by atoms with Gasteiger partial charge >= 0.3 is 39.7 Å². The molecule has 0 atom stereocenters. The van der Waals surface area contributed by atoms with Gasteiger partial charge in [-0.3, -0.25) is 0 Å². The summed E-state index contributed by atoms with van der Waals surface area (Å²) in [6.07, 6.45) is 1.35. The zero-order valence-corrected chi connectivity index (χ0v) is 10.9. The van der Waals surface area contributed by atoms with E-state index < -0.39 is 15.3 Å². The van der Waals surface area contributed by atoms with Gasteiger partial charge in [-0.15, -0.1) is 0 Å². The van der Waals surface area contributed by atoms with Gasteiger partial charge in [-0.05, 0) is 18.6 Å². The summed E-state index contributed by atoms with van der Waals surface area (Å²) in [5.74, 6) is -0.0269. The van der Waals surface area contributed by atoms with Gasteiger partial charge in [-0.1, -0.05) is 13.3 Å². The molecule has 4 nitrogen and oxygen atoms in total. The Labute approximate surface area is 102 Å². The van der Waals surface area contributed by atoms with Gasteiger partial charge in [-0.2, -0.15) is 8.42 Å². The molecule has 0 heterocycles. The first-order valence-corrected chi connectivity index (χ1v) is 5.18. The van der Waals surface area contributed by atoms with Crippen molar-refractivity contribution in [3.8, 4) is 0 Å². The average molecular weight is 221 g/mol. The van der Waals surface area contributed by atoms with Crippen LogP contribution >= 0.6 is 12.2 Å². The molecule has 0 bridgehead atoms. The number of thiocarbonyl (C=S) groups is 1. The van der Waals surface area contributed by atoms with E-state index in [-0.39, 0.29) is 36.7 Å². The molecule has 0 aromatic rings. The first-order valence-electron chi connectivity index (χ1n) is 3.19. The Bertz CT molecular complexity index is 232. The molecule has 0 saturated heterocycles. The van der Waals surface area contributed by atoms with Crippen molar-refractivity contribution in [1.29, 1.82) is 0 Å². The molecule has 0 fully saturated rings. The SMILES string of the molecule is CCCCS(=O)(=O)OC(N)=S.[H-].[Na+]. The largest absolute Gasteiger partial charge is 1.00 e. The van der Waals surface area contributed by atoms with Crippen LogP contribution in [-0.4, -0.2) is 19.3 Å².